The van der Waals surface area contributed by atoms with Crippen molar-refractivity contribution in [2.45, 2.75) is 11.4 Å². The van der Waals surface area contributed by atoms with Crippen LogP contribution in [-0.2, 0) is 26.1 Å². The topological polar surface area (TPSA) is 97.7 Å². The van der Waals surface area contributed by atoms with Crippen LogP contribution in [0.15, 0.2) is 46.1 Å². The highest BCUT2D eigenvalue weighted by Gasteiger charge is 2.21. The molecule has 0 radical (unpaired) electrons. The number of morpholine rings is 1. The number of amides is 1. The zero-order valence-corrected chi connectivity index (χ0v) is 18.4. The molecule has 164 valence electrons. The molecule has 1 saturated heterocycles. The number of ether oxygens (including phenoxy) is 1. The highest BCUT2D eigenvalue weighted by atomic mass is 35.5. The molecule has 1 N–H and O–H groups in total. The van der Waals surface area contributed by atoms with Crippen molar-refractivity contribution < 1.29 is 22.3 Å². The third kappa shape index (κ3) is 4.59. The highest BCUT2D eigenvalue weighted by Crippen LogP contribution is 2.25. The van der Waals surface area contributed by atoms with Crippen LogP contribution in [0.25, 0.3) is 10.2 Å². The first-order valence-corrected chi connectivity index (χ1v) is 11.9. The normalized spacial score (nSPS) is 14.7. The molecule has 1 amide bonds. The summed E-state index contributed by atoms with van der Waals surface area (Å²) in [5.41, 5.74) is 0.578. The molecule has 12 heteroatoms. The van der Waals surface area contributed by atoms with Gasteiger partial charge < -0.3 is 9.64 Å². The maximum atomic E-state index is 13.3. The number of fused-ring (bicyclic) bond motifs is 1. The molecular formula is C19H17ClFN3O5S2. The number of halogens is 2. The van der Waals surface area contributed by atoms with E-state index >= 15 is 0 Å². The van der Waals surface area contributed by atoms with E-state index in [9.17, 15) is 22.4 Å². The van der Waals surface area contributed by atoms with E-state index in [1.807, 2.05) is 0 Å². The summed E-state index contributed by atoms with van der Waals surface area (Å²) in [4.78, 5) is 26.2. The summed E-state index contributed by atoms with van der Waals surface area (Å²) < 4.78 is 48.1. The van der Waals surface area contributed by atoms with Crippen LogP contribution in [0.4, 0.5) is 10.1 Å². The van der Waals surface area contributed by atoms with Crippen LogP contribution >= 0.6 is 22.9 Å². The number of nitrogens with one attached hydrogen (secondary N) is 1. The summed E-state index contributed by atoms with van der Waals surface area (Å²) >= 11 is 6.56. The van der Waals surface area contributed by atoms with Crippen molar-refractivity contribution in [1.29, 1.82) is 0 Å². The van der Waals surface area contributed by atoms with E-state index in [-0.39, 0.29) is 32.9 Å². The van der Waals surface area contributed by atoms with Crippen molar-refractivity contribution in [2.75, 3.05) is 31.0 Å². The van der Waals surface area contributed by atoms with Gasteiger partial charge in [-0.1, -0.05) is 22.9 Å². The Bertz CT molecular complexity index is 1320. The fraction of sp³-hybridized carbons (Fsp3) is 0.263. The number of carbonyl (C=O) groups is 1. The van der Waals surface area contributed by atoms with Gasteiger partial charge in [0.25, 0.3) is 10.0 Å². The second-order valence-electron chi connectivity index (χ2n) is 6.81. The predicted octanol–water partition coefficient (Wildman–Crippen LogP) is 2.52. The summed E-state index contributed by atoms with van der Waals surface area (Å²) in [5.74, 6) is -0.861. The van der Waals surface area contributed by atoms with Crippen LogP contribution in [0, 0.1) is 5.82 Å². The molecule has 0 atom stereocenters. The number of carbonyl (C=O) groups excluding carboxylic acids is 1. The zero-order valence-electron chi connectivity index (χ0n) is 16.0. The number of aromatic nitrogens is 1. The number of nitrogens with zero attached hydrogens (tertiary/aromatic N) is 2. The smallest absolute Gasteiger partial charge is 0.308 e. The fourth-order valence-electron chi connectivity index (χ4n) is 3.19. The standard InChI is InChI=1S/C19H17ClFN3O5S2/c20-14-9-12(1-3-15(14)21)22-31(27,28)13-2-4-16-17(10-13)30-19(26)24(16)11-18(25)23-5-7-29-8-6-23/h1-4,9-10,22H,5-8,11H2. The summed E-state index contributed by atoms with van der Waals surface area (Å²) in [6.07, 6.45) is 0. The van der Waals surface area contributed by atoms with Gasteiger partial charge in [0.1, 0.15) is 12.4 Å². The Kier molecular flexibility index (Phi) is 6.02. The van der Waals surface area contributed by atoms with Crippen LogP contribution < -0.4 is 9.60 Å². The lowest BCUT2D eigenvalue weighted by atomic mass is 10.3. The molecule has 31 heavy (non-hydrogen) atoms. The van der Waals surface area contributed by atoms with Crippen molar-refractivity contribution in [3.63, 3.8) is 0 Å². The Morgan fingerprint density at radius 2 is 1.94 bits per heavy atom. The highest BCUT2D eigenvalue weighted by molar-refractivity contribution is 7.92. The molecule has 0 unspecified atom stereocenters. The third-order valence-corrected chi connectivity index (χ3v) is 7.39. The second kappa shape index (κ2) is 8.58. The van der Waals surface area contributed by atoms with Crippen molar-refractivity contribution >= 4 is 54.8 Å². The van der Waals surface area contributed by atoms with Gasteiger partial charge in [0.15, 0.2) is 0 Å². The fourth-order valence-corrected chi connectivity index (χ4v) is 5.45. The Morgan fingerprint density at radius 1 is 1.19 bits per heavy atom. The molecule has 2 aromatic carbocycles. The van der Waals surface area contributed by atoms with E-state index in [1.165, 1.54) is 34.9 Å². The van der Waals surface area contributed by atoms with E-state index < -0.39 is 15.8 Å². The number of anilines is 1. The van der Waals surface area contributed by atoms with E-state index in [0.29, 0.717) is 36.5 Å². The van der Waals surface area contributed by atoms with Gasteiger partial charge in [-0.3, -0.25) is 18.9 Å². The monoisotopic (exact) mass is 485 g/mol. The van der Waals surface area contributed by atoms with Gasteiger partial charge in [-0.05, 0) is 36.4 Å². The molecule has 0 spiro atoms. The lowest BCUT2D eigenvalue weighted by molar-refractivity contribution is -0.135. The molecule has 3 aromatic rings. The quantitative estimate of drug-likeness (QED) is 0.599. The first-order chi connectivity index (χ1) is 14.7. The van der Waals surface area contributed by atoms with Gasteiger partial charge in [-0.2, -0.15) is 0 Å². The lowest BCUT2D eigenvalue weighted by Gasteiger charge is -2.26. The van der Waals surface area contributed by atoms with Crippen molar-refractivity contribution in [2.24, 2.45) is 0 Å². The Balaban J connectivity index is 1.60. The molecule has 0 bridgehead atoms. The van der Waals surface area contributed by atoms with Crippen LogP contribution in [0.1, 0.15) is 0 Å². The minimum atomic E-state index is -4.00. The number of hydrogen-bond donors (Lipinski definition) is 1. The molecule has 8 nitrogen and oxygen atoms in total. The largest absolute Gasteiger partial charge is 0.378 e. The summed E-state index contributed by atoms with van der Waals surface area (Å²) in [5, 5.41) is -0.212. The number of sulfonamides is 1. The minimum Gasteiger partial charge on any atom is -0.378 e. The first-order valence-electron chi connectivity index (χ1n) is 9.21. The molecule has 4 rings (SSSR count). The number of benzene rings is 2. The second-order valence-corrected chi connectivity index (χ2v) is 9.89. The van der Waals surface area contributed by atoms with Gasteiger partial charge in [-0.15, -0.1) is 0 Å². The number of thiazole rings is 1. The van der Waals surface area contributed by atoms with Gasteiger partial charge in [0.2, 0.25) is 5.91 Å². The Morgan fingerprint density at radius 3 is 2.65 bits per heavy atom. The summed E-state index contributed by atoms with van der Waals surface area (Å²) in [6.45, 7) is 1.72. The maximum Gasteiger partial charge on any atom is 0.308 e. The van der Waals surface area contributed by atoms with E-state index in [1.54, 1.807) is 4.90 Å². The molecule has 1 aromatic heterocycles. The van der Waals surface area contributed by atoms with Gasteiger partial charge in [0, 0.05) is 13.1 Å². The van der Waals surface area contributed by atoms with Crippen LogP contribution in [-0.4, -0.2) is 50.1 Å². The molecule has 0 saturated carbocycles. The lowest BCUT2D eigenvalue weighted by Crippen LogP contribution is -2.43. The summed E-state index contributed by atoms with van der Waals surface area (Å²) in [7, 11) is -4.00. The van der Waals surface area contributed by atoms with Crippen LogP contribution in [0.3, 0.4) is 0 Å². The molecular weight excluding hydrogens is 469 g/mol. The molecule has 1 aliphatic heterocycles. The first kappa shape index (κ1) is 21.8. The molecule has 1 aliphatic rings. The number of hydrogen-bond acceptors (Lipinski definition) is 6. The third-order valence-electron chi connectivity index (χ3n) is 4.78. The zero-order chi connectivity index (χ0) is 22.2. The van der Waals surface area contributed by atoms with Crippen molar-refractivity contribution in [3.05, 3.63) is 56.9 Å². The van der Waals surface area contributed by atoms with Gasteiger partial charge in [-0.25, -0.2) is 12.8 Å². The maximum absolute atomic E-state index is 13.3. The van der Waals surface area contributed by atoms with Gasteiger partial charge in [0.05, 0.1) is 39.0 Å². The SMILES string of the molecule is O=C(Cn1c(=O)sc2cc(S(=O)(=O)Nc3ccc(F)c(Cl)c3)ccc21)N1CCOCC1. The average Bonchev–Trinajstić information content (AvgIpc) is 3.05. The van der Waals surface area contributed by atoms with E-state index in [2.05, 4.69) is 4.72 Å². The van der Waals surface area contributed by atoms with Crippen LogP contribution in [0.5, 0.6) is 0 Å². The van der Waals surface area contributed by atoms with Gasteiger partial charge >= 0.3 is 4.87 Å². The average molecular weight is 486 g/mol. The summed E-state index contributed by atoms with van der Waals surface area (Å²) in [6, 6.07) is 7.68. The van der Waals surface area contributed by atoms with E-state index in [4.69, 9.17) is 16.3 Å². The molecule has 1 fully saturated rings. The van der Waals surface area contributed by atoms with Crippen LogP contribution in [0.2, 0.25) is 5.02 Å². The van der Waals surface area contributed by atoms with Crippen molar-refractivity contribution in [1.82, 2.24) is 9.47 Å². The number of rotatable bonds is 5. The Hall–Kier alpha value is -2.47. The Labute approximate surface area is 185 Å². The van der Waals surface area contributed by atoms with E-state index in [0.717, 1.165) is 17.4 Å². The molecule has 2 heterocycles. The predicted molar refractivity (Wildman–Crippen MR) is 116 cm³/mol. The van der Waals surface area contributed by atoms with Crippen molar-refractivity contribution in [3.8, 4) is 0 Å². The minimum absolute atomic E-state index is 0.0756. The molecule has 0 aliphatic carbocycles.